The van der Waals surface area contributed by atoms with Crippen molar-refractivity contribution in [1.29, 1.82) is 0 Å². The molecule has 0 spiro atoms. The molecule has 0 radical (unpaired) electrons. The number of benzene rings is 1. The zero-order valence-electron chi connectivity index (χ0n) is 8.86. The molecule has 2 N–H and O–H groups in total. The lowest BCUT2D eigenvalue weighted by molar-refractivity contribution is 0.0496. The van der Waals surface area contributed by atoms with Gasteiger partial charge in [-0.3, -0.25) is 0 Å². The molecule has 0 saturated heterocycles. The summed E-state index contributed by atoms with van der Waals surface area (Å²) in [5.74, 6) is -1.00. The van der Waals surface area contributed by atoms with E-state index in [0.29, 0.717) is 11.1 Å². The SMILES string of the molecule is CCCCOC(=O)c1cc(Br)c(O)cc1O. The molecule has 0 aliphatic carbocycles. The van der Waals surface area contributed by atoms with E-state index in [-0.39, 0.29) is 17.1 Å². The first-order valence-electron chi connectivity index (χ1n) is 4.94. The fraction of sp³-hybridized carbons (Fsp3) is 0.364. The topological polar surface area (TPSA) is 66.8 Å². The van der Waals surface area contributed by atoms with Gasteiger partial charge in [0.15, 0.2) is 0 Å². The van der Waals surface area contributed by atoms with Crippen LogP contribution in [0.25, 0.3) is 0 Å². The van der Waals surface area contributed by atoms with Crippen LogP contribution in [0.4, 0.5) is 0 Å². The van der Waals surface area contributed by atoms with Gasteiger partial charge in [0.1, 0.15) is 17.1 Å². The van der Waals surface area contributed by atoms with E-state index in [2.05, 4.69) is 15.9 Å². The van der Waals surface area contributed by atoms with Crippen LogP contribution in [0.3, 0.4) is 0 Å². The van der Waals surface area contributed by atoms with Crippen molar-refractivity contribution in [2.24, 2.45) is 0 Å². The summed E-state index contributed by atoms with van der Waals surface area (Å²) in [6, 6.07) is 2.43. The monoisotopic (exact) mass is 288 g/mol. The molecule has 0 bridgehead atoms. The number of hydrogen-bond donors (Lipinski definition) is 2. The van der Waals surface area contributed by atoms with E-state index in [4.69, 9.17) is 4.74 Å². The fourth-order valence-electron chi connectivity index (χ4n) is 1.10. The molecule has 0 atom stereocenters. The third kappa shape index (κ3) is 3.13. The maximum absolute atomic E-state index is 11.5. The minimum atomic E-state index is -0.591. The minimum absolute atomic E-state index is 0.0424. The number of phenolic OH excluding ortho intramolecular Hbond substituents is 2. The summed E-state index contributed by atoms with van der Waals surface area (Å²) in [6.45, 7) is 2.32. The van der Waals surface area contributed by atoms with Crippen molar-refractivity contribution in [2.45, 2.75) is 19.8 Å². The van der Waals surface area contributed by atoms with Gasteiger partial charge >= 0.3 is 5.97 Å². The summed E-state index contributed by atoms with van der Waals surface area (Å²) in [7, 11) is 0. The lowest BCUT2D eigenvalue weighted by atomic mass is 10.2. The van der Waals surface area contributed by atoms with E-state index >= 15 is 0 Å². The Kier molecular flexibility index (Phi) is 4.61. The predicted molar refractivity (Wildman–Crippen MR) is 62.7 cm³/mol. The largest absolute Gasteiger partial charge is 0.507 e. The van der Waals surface area contributed by atoms with Crippen molar-refractivity contribution in [1.82, 2.24) is 0 Å². The Bertz CT molecular complexity index is 390. The Labute approximate surface area is 102 Å². The molecule has 1 rings (SSSR count). The molecule has 0 fully saturated rings. The number of aromatic hydroxyl groups is 2. The Morgan fingerprint density at radius 2 is 2.06 bits per heavy atom. The second kappa shape index (κ2) is 5.75. The molecule has 0 heterocycles. The zero-order chi connectivity index (χ0) is 12.1. The molecular formula is C11H13BrO4. The van der Waals surface area contributed by atoms with Gasteiger partial charge in [-0.15, -0.1) is 0 Å². The number of rotatable bonds is 4. The van der Waals surface area contributed by atoms with Crippen molar-refractivity contribution in [2.75, 3.05) is 6.61 Å². The van der Waals surface area contributed by atoms with Crippen LogP contribution in [0, 0.1) is 0 Å². The number of carbonyl (C=O) groups excluding carboxylic acids is 1. The molecule has 0 unspecified atom stereocenters. The van der Waals surface area contributed by atoms with Crippen molar-refractivity contribution in [3.63, 3.8) is 0 Å². The third-order valence-electron chi connectivity index (χ3n) is 2.02. The van der Waals surface area contributed by atoms with Crippen molar-refractivity contribution < 1.29 is 19.7 Å². The maximum Gasteiger partial charge on any atom is 0.341 e. The van der Waals surface area contributed by atoms with Gasteiger partial charge in [-0.2, -0.15) is 0 Å². The van der Waals surface area contributed by atoms with E-state index in [0.717, 1.165) is 18.9 Å². The highest BCUT2D eigenvalue weighted by atomic mass is 79.9. The first kappa shape index (κ1) is 12.8. The van der Waals surface area contributed by atoms with Crippen LogP contribution >= 0.6 is 15.9 Å². The highest BCUT2D eigenvalue weighted by Crippen LogP contribution is 2.31. The summed E-state index contributed by atoms with van der Waals surface area (Å²) in [5.41, 5.74) is 0.0424. The molecule has 16 heavy (non-hydrogen) atoms. The summed E-state index contributed by atoms with van der Waals surface area (Å²) in [5, 5.41) is 18.7. The van der Waals surface area contributed by atoms with Gasteiger partial charge in [-0.1, -0.05) is 13.3 Å². The van der Waals surface area contributed by atoms with Crippen molar-refractivity contribution in [3.05, 3.63) is 22.2 Å². The zero-order valence-corrected chi connectivity index (χ0v) is 10.5. The number of unbranched alkanes of at least 4 members (excludes halogenated alkanes) is 1. The third-order valence-corrected chi connectivity index (χ3v) is 2.65. The minimum Gasteiger partial charge on any atom is -0.507 e. The van der Waals surface area contributed by atoms with E-state index in [1.807, 2.05) is 6.92 Å². The Balaban J connectivity index is 2.79. The number of halogens is 1. The van der Waals surface area contributed by atoms with Crippen LogP contribution in [0.5, 0.6) is 11.5 Å². The molecule has 1 aromatic rings. The van der Waals surface area contributed by atoms with Gasteiger partial charge in [-0.05, 0) is 28.4 Å². The van der Waals surface area contributed by atoms with Crippen molar-refractivity contribution >= 4 is 21.9 Å². The molecule has 0 aromatic heterocycles. The van der Waals surface area contributed by atoms with Gasteiger partial charge in [-0.25, -0.2) is 4.79 Å². The van der Waals surface area contributed by atoms with Crippen LogP contribution in [0.2, 0.25) is 0 Å². The summed E-state index contributed by atoms with van der Waals surface area (Å²) in [4.78, 5) is 11.5. The molecule has 1 aromatic carbocycles. The van der Waals surface area contributed by atoms with Crippen LogP contribution in [-0.2, 0) is 4.74 Å². The first-order valence-corrected chi connectivity index (χ1v) is 5.74. The second-order valence-electron chi connectivity index (χ2n) is 3.31. The Hall–Kier alpha value is -1.23. The van der Waals surface area contributed by atoms with Gasteiger partial charge in [0, 0.05) is 6.07 Å². The molecule has 88 valence electrons. The summed E-state index contributed by atoms with van der Waals surface area (Å²) in [6.07, 6.45) is 1.71. The second-order valence-corrected chi connectivity index (χ2v) is 4.16. The quantitative estimate of drug-likeness (QED) is 0.660. The van der Waals surface area contributed by atoms with Gasteiger partial charge in [0.05, 0.1) is 11.1 Å². The molecule has 0 amide bonds. The molecule has 0 saturated carbocycles. The fourth-order valence-corrected chi connectivity index (χ4v) is 1.44. The predicted octanol–water partition coefficient (Wildman–Crippen LogP) is 2.82. The highest BCUT2D eigenvalue weighted by Gasteiger charge is 2.15. The average Bonchev–Trinajstić information content (AvgIpc) is 2.23. The Morgan fingerprint density at radius 1 is 1.38 bits per heavy atom. The van der Waals surface area contributed by atoms with E-state index in [9.17, 15) is 15.0 Å². The molecule has 0 aliphatic rings. The first-order chi connectivity index (χ1) is 7.56. The standard InChI is InChI=1S/C11H13BrO4/c1-2-3-4-16-11(15)7-5-8(12)10(14)6-9(7)13/h5-6,13-14H,2-4H2,1H3. The maximum atomic E-state index is 11.5. The van der Waals surface area contributed by atoms with E-state index in [1.54, 1.807) is 0 Å². The summed E-state index contributed by atoms with van der Waals surface area (Å²) < 4.78 is 5.28. The van der Waals surface area contributed by atoms with Crippen molar-refractivity contribution in [3.8, 4) is 11.5 Å². The number of esters is 1. The summed E-state index contributed by atoms with van der Waals surface area (Å²) >= 11 is 3.06. The van der Waals surface area contributed by atoms with Crippen LogP contribution < -0.4 is 0 Å². The lowest BCUT2D eigenvalue weighted by Crippen LogP contribution is -2.06. The van der Waals surface area contributed by atoms with Crippen LogP contribution in [-0.4, -0.2) is 22.8 Å². The van der Waals surface area contributed by atoms with E-state index < -0.39 is 5.97 Å². The average molecular weight is 289 g/mol. The van der Waals surface area contributed by atoms with Crippen LogP contribution in [0.1, 0.15) is 30.1 Å². The lowest BCUT2D eigenvalue weighted by Gasteiger charge is -2.07. The van der Waals surface area contributed by atoms with Crippen LogP contribution in [0.15, 0.2) is 16.6 Å². The molecule has 4 nitrogen and oxygen atoms in total. The Morgan fingerprint density at radius 3 is 2.69 bits per heavy atom. The normalized spacial score (nSPS) is 10.1. The number of carbonyl (C=O) groups is 1. The molecular weight excluding hydrogens is 276 g/mol. The van der Waals surface area contributed by atoms with Gasteiger partial charge in [0.2, 0.25) is 0 Å². The van der Waals surface area contributed by atoms with Gasteiger partial charge < -0.3 is 14.9 Å². The number of phenols is 2. The number of ether oxygens (including phenoxy) is 1. The smallest absolute Gasteiger partial charge is 0.341 e. The molecule has 0 aliphatic heterocycles. The van der Waals surface area contributed by atoms with Gasteiger partial charge in [0.25, 0.3) is 0 Å². The number of hydrogen-bond acceptors (Lipinski definition) is 4. The molecule has 5 heteroatoms. The van der Waals surface area contributed by atoms with E-state index in [1.165, 1.54) is 6.07 Å². The highest BCUT2D eigenvalue weighted by molar-refractivity contribution is 9.10.